The van der Waals surface area contributed by atoms with Crippen molar-refractivity contribution < 1.29 is 4.42 Å². The van der Waals surface area contributed by atoms with Crippen LogP contribution < -0.4 is 5.43 Å². The summed E-state index contributed by atoms with van der Waals surface area (Å²) in [5.41, 5.74) is 2.24. The van der Waals surface area contributed by atoms with Crippen molar-refractivity contribution in [2.45, 2.75) is 52.4 Å². The van der Waals surface area contributed by atoms with Crippen LogP contribution in [0.5, 0.6) is 0 Å². The zero-order valence-electron chi connectivity index (χ0n) is 12.8. The third-order valence-corrected chi connectivity index (χ3v) is 5.28. The Labute approximate surface area is 133 Å². The van der Waals surface area contributed by atoms with Crippen LogP contribution in [0, 0.1) is 12.3 Å². The Morgan fingerprint density at radius 1 is 1.19 bits per heavy atom. The van der Waals surface area contributed by atoms with Crippen molar-refractivity contribution in [2.24, 2.45) is 5.41 Å². The van der Waals surface area contributed by atoms with Gasteiger partial charge in [-0.3, -0.25) is 4.79 Å². The van der Waals surface area contributed by atoms with Gasteiger partial charge < -0.3 is 4.42 Å². The van der Waals surface area contributed by atoms with Crippen molar-refractivity contribution in [3.8, 4) is 0 Å². The Morgan fingerprint density at radius 3 is 2.52 bits per heavy atom. The van der Waals surface area contributed by atoms with Gasteiger partial charge >= 0.3 is 0 Å². The molecule has 1 aromatic heterocycles. The zero-order chi connectivity index (χ0) is 15.2. The minimum Gasteiger partial charge on any atom is -0.459 e. The van der Waals surface area contributed by atoms with Crippen molar-refractivity contribution >= 4 is 26.9 Å². The largest absolute Gasteiger partial charge is 0.459 e. The summed E-state index contributed by atoms with van der Waals surface area (Å²) in [6.45, 7) is 6.62. The summed E-state index contributed by atoms with van der Waals surface area (Å²) in [5, 5.41) is 0.668. The number of rotatable bonds is 1. The van der Waals surface area contributed by atoms with E-state index in [2.05, 4.69) is 29.8 Å². The van der Waals surface area contributed by atoms with E-state index >= 15 is 0 Å². The fourth-order valence-corrected chi connectivity index (χ4v) is 3.91. The summed E-state index contributed by atoms with van der Waals surface area (Å²) in [7, 11) is 0. The lowest BCUT2D eigenvalue weighted by molar-refractivity contribution is 0.213. The molecular weight excluding hydrogens is 328 g/mol. The van der Waals surface area contributed by atoms with Gasteiger partial charge in [-0.2, -0.15) is 0 Å². The predicted octanol–water partition coefficient (Wildman–Crippen LogP) is 5.55. The molecule has 0 atom stereocenters. The van der Waals surface area contributed by atoms with Crippen LogP contribution in [-0.2, 0) is 0 Å². The molecule has 1 fully saturated rings. The van der Waals surface area contributed by atoms with E-state index in [1.165, 1.54) is 12.8 Å². The molecule has 0 aliphatic heterocycles. The van der Waals surface area contributed by atoms with Gasteiger partial charge in [-0.25, -0.2) is 0 Å². The first kappa shape index (κ1) is 14.8. The van der Waals surface area contributed by atoms with Gasteiger partial charge in [0.1, 0.15) is 5.76 Å². The maximum absolute atomic E-state index is 12.4. The topological polar surface area (TPSA) is 30.2 Å². The number of fused-ring (bicyclic) bond motifs is 1. The van der Waals surface area contributed by atoms with Crippen LogP contribution in [0.25, 0.3) is 11.0 Å². The van der Waals surface area contributed by atoms with Gasteiger partial charge in [-0.05, 0) is 71.6 Å². The Hall–Kier alpha value is -1.09. The van der Waals surface area contributed by atoms with E-state index < -0.39 is 0 Å². The lowest BCUT2D eigenvalue weighted by Crippen LogP contribution is -2.20. The smallest absolute Gasteiger partial charge is 0.193 e. The summed E-state index contributed by atoms with van der Waals surface area (Å²) >= 11 is 3.53. The van der Waals surface area contributed by atoms with Crippen molar-refractivity contribution in [3.05, 3.63) is 44.2 Å². The third kappa shape index (κ3) is 2.94. The monoisotopic (exact) mass is 348 g/mol. The Bertz CT molecular complexity index is 733. The molecule has 1 aromatic carbocycles. The van der Waals surface area contributed by atoms with E-state index in [0.29, 0.717) is 22.3 Å². The molecule has 0 radical (unpaired) electrons. The highest BCUT2D eigenvalue weighted by Gasteiger charge is 2.29. The number of benzene rings is 1. The molecule has 0 spiro atoms. The molecule has 1 heterocycles. The Morgan fingerprint density at radius 2 is 1.86 bits per heavy atom. The van der Waals surface area contributed by atoms with Crippen molar-refractivity contribution in [1.29, 1.82) is 0 Å². The van der Waals surface area contributed by atoms with Gasteiger partial charge in [0.25, 0.3) is 0 Å². The summed E-state index contributed by atoms with van der Waals surface area (Å²) in [4.78, 5) is 12.4. The molecule has 1 saturated carbocycles. The molecule has 2 aromatic rings. The van der Waals surface area contributed by atoms with Crippen molar-refractivity contribution in [2.75, 3.05) is 0 Å². The van der Waals surface area contributed by atoms with Gasteiger partial charge in [0.05, 0.1) is 9.86 Å². The van der Waals surface area contributed by atoms with Gasteiger partial charge in [0.2, 0.25) is 0 Å². The lowest BCUT2D eigenvalue weighted by atomic mass is 9.72. The van der Waals surface area contributed by atoms with Gasteiger partial charge in [0, 0.05) is 12.0 Å². The molecule has 0 N–H and O–H groups in total. The summed E-state index contributed by atoms with van der Waals surface area (Å²) in [6, 6.07) is 5.61. The second-order valence-corrected chi connectivity index (χ2v) is 7.93. The molecule has 0 bridgehead atoms. The van der Waals surface area contributed by atoms with Gasteiger partial charge in [-0.15, -0.1) is 0 Å². The molecule has 1 aliphatic carbocycles. The SMILES string of the molecule is Cc1cc(Br)c2oc(C3CCC(C)(C)CC3)cc(=O)c2c1. The maximum atomic E-state index is 12.4. The lowest BCUT2D eigenvalue weighted by Gasteiger charge is -2.33. The summed E-state index contributed by atoms with van der Waals surface area (Å²) < 4.78 is 6.96. The van der Waals surface area contributed by atoms with E-state index in [1.54, 1.807) is 6.07 Å². The van der Waals surface area contributed by atoms with E-state index in [4.69, 9.17) is 4.42 Å². The van der Waals surface area contributed by atoms with Crippen LogP contribution in [-0.4, -0.2) is 0 Å². The maximum Gasteiger partial charge on any atom is 0.193 e. The fourth-order valence-electron chi connectivity index (χ4n) is 3.25. The average Bonchev–Trinajstić information content (AvgIpc) is 2.40. The number of hydrogen-bond donors (Lipinski definition) is 0. The van der Waals surface area contributed by atoms with Crippen molar-refractivity contribution in [3.63, 3.8) is 0 Å². The molecule has 3 heteroatoms. The molecule has 1 aliphatic rings. The van der Waals surface area contributed by atoms with Crippen LogP contribution in [0.2, 0.25) is 0 Å². The van der Waals surface area contributed by atoms with Crippen LogP contribution >= 0.6 is 15.9 Å². The average molecular weight is 349 g/mol. The Balaban J connectivity index is 2.04. The quantitative estimate of drug-likeness (QED) is 0.676. The van der Waals surface area contributed by atoms with Crippen LogP contribution in [0.15, 0.2) is 31.9 Å². The minimum absolute atomic E-state index is 0.0699. The first-order valence-corrected chi connectivity index (χ1v) is 8.39. The first-order chi connectivity index (χ1) is 9.85. The molecule has 21 heavy (non-hydrogen) atoms. The molecule has 0 amide bonds. The second kappa shape index (κ2) is 5.28. The normalized spacial score (nSPS) is 19.0. The standard InChI is InChI=1S/C18H21BrO2/c1-11-8-13-15(20)10-16(21-17(13)14(19)9-11)12-4-6-18(2,3)7-5-12/h8-10,12H,4-7H2,1-3H3. The molecule has 3 rings (SSSR count). The van der Waals surface area contributed by atoms with Crippen LogP contribution in [0.3, 0.4) is 0 Å². The number of halogens is 1. The molecule has 2 nitrogen and oxygen atoms in total. The fraction of sp³-hybridized carbons (Fsp3) is 0.500. The third-order valence-electron chi connectivity index (χ3n) is 4.69. The van der Waals surface area contributed by atoms with E-state index in [9.17, 15) is 4.79 Å². The zero-order valence-corrected chi connectivity index (χ0v) is 14.4. The van der Waals surface area contributed by atoms with Crippen LogP contribution in [0.4, 0.5) is 0 Å². The van der Waals surface area contributed by atoms with Gasteiger partial charge in [-0.1, -0.05) is 13.8 Å². The second-order valence-electron chi connectivity index (χ2n) is 7.07. The van der Waals surface area contributed by atoms with Gasteiger partial charge in [0.15, 0.2) is 11.0 Å². The molecule has 0 saturated heterocycles. The highest BCUT2D eigenvalue weighted by Crippen LogP contribution is 2.42. The summed E-state index contributed by atoms with van der Waals surface area (Å²) in [6.07, 6.45) is 4.58. The Kier molecular flexibility index (Phi) is 3.73. The molecule has 0 unspecified atom stereocenters. The first-order valence-electron chi connectivity index (χ1n) is 7.60. The number of hydrogen-bond acceptors (Lipinski definition) is 2. The van der Waals surface area contributed by atoms with E-state index in [0.717, 1.165) is 28.6 Å². The number of aryl methyl sites for hydroxylation is 1. The highest BCUT2D eigenvalue weighted by atomic mass is 79.9. The van der Waals surface area contributed by atoms with E-state index in [-0.39, 0.29) is 5.43 Å². The minimum atomic E-state index is 0.0699. The molecular formula is C18H21BrO2. The van der Waals surface area contributed by atoms with E-state index in [1.807, 2.05) is 19.1 Å². The molecule has 112 valence electrons. The van der Waals surface area contributed by atoms with Crippen LogP contribution in [0.1, 0.15) is 56.8 Å². The predicted molar refractivity (Wildman–Crippen MR) is 89.9 cm³/mol. The van der Waals surface area contributed by atoms with Crippen molar-refractivity contribution in [1.82, 2.24) is 0 Å². The highest BCUT2D eigenvalue weighted by molar-refractivity contribution is 9.10. The summed E-state index contributed by atoms with van der Waals surface area (Å²) in [5.74, 6) is 1.23.